The van der Waals surface area contributed by atoms with E-state index in [1.807, 2.05) is 16.8 Å². The van der Waals surface area contributed by atoms with Gasteiger partial charge in [-0.3, -0.25) is 4.68 Å². The zero-order valence-electron chi connectivity index (χ0n) is 10.7. The molecule has 1 aliphatic heterocycles. The minimum absolute atomic E-state index is 0.560. The van der Waals surface area contributed by atoms with E-state index in [0.717, 1.165) is 31.2 Å². The molecule has 1 aromatic heterocycles. The molecular weight excluding hydrogens is 260 g/mol. The van der Waals surface area contributed by atoms with E-state index in [4.69, 9.17) is 11.6 Å². The van der Waals surface area contributed by atoms with Gasteiger partial charge in [-0.15, -0.1) is 0 Å². The van der Waals surface area contributed by atoms with Crippen molar-refractivity contribution in [2.75, 3.05) is 19.6 Å². The van der Waals surface area contributed by atoms with Gasteiger partial charge in [-0.1, -0.05) is 29.8 Å². The highest BCUT2D eigenvalue weighted by atomic mass is 35.5. The van der Waals surface area contributed by atoms with Crippen LogP contribution in [0.2, 0.25) is 5.02 Å². The average Bonchev–Trinajstić information content (AvgIpc) is 3.08. The molecule has 100 valence electrons. The molecule has 0 N–H and O–H groups in total. The lowest BCUT2D eigenvalue weighted by Gasteiger charge is -2.16. The van der Waals surface area contributed by atoms with Crippen molar-refractivity contribution in [1.29, 1.82) is 0 Å². The maximum Gasteiger partial charge on any atom is 0.137 e. The molecule has 4 nitrogen and oxygen atoms in total. The summed E-state index contributed by atoms with van der Waals surface area (Å²) in [6.07, 6.45) is 4.53. The average molecular weight is 277 g/mol. The Morgan fingerprint density at radius 2 is 2.16 bits per heavy atom. The van der Waals surface area contributed by atoms with Crippen LogP contribution >= 0.6 is 11.6 Å². The summed E-state index contributed by atoms with van der Waals surface area (Å²) in [7, 11) is 0. The topological polar surface area (TPSA) is 34.0 Å². The predicted molar refractivity (Wildman–Crippen MR) is 75.3 cm³/mol. The molecule has 0 bridgehead atoms. The smallest absolute Gasteiger partial charge is 0.137 e. The van der Waals surface area contributed by atoms with Crippen molar-refractivity contribution in [3.05, 3.63) is 47.5 Å². The van der Waals surface area contributed by atoms with Gasteiger partial charge in [0.25, 0.3) is 0 Å². The maximum absolute atomic E-state index is 6.27. The Bertz CT molecular complexity index is 526. The van der Waals surface area contributed by atoms with Crippen LogP contribution < -0.4 is 0 Å². The number of hydrogen-bond donors (Lipinski definition) is 0. The summed E-state index contributed by atoms with van der Waals surface area (Å²) < 4.78 is 1.88. The Kier molecular flexibility index (Phi) is 3.80. The van der Waals surface area contributed by atoms with E-state index in [9.17, 15) is 0 Å². The number of halogens is 1. The first kappa shape index (κ1) is 12.6. The first-order chi connectivity index (χ1) is 9.33. The summed E-state index contributed by atoms with van der Waals surface area (Å²) >= 11 is 6.27. The van der Waals surface area contributed by atoms with E-state index in [1.54, 1.807) is 12.7 Å². The molecule has 19 heavy (non-hydrogen) atoms. The highest BCUT2D eigenvalue weighted by Gasteiger charge is 2.24. The van der Waals surface area contributed by atoms with Gasteiger partial charge >= 0.3 is 0 Å². The molecule has 0 amide bonds. The van der Waals surface area contributed by atoms with E-state index in [2.05, 4.69) is 27.1 Å². The zero-order chi connectivity index (χ0) is 13.1. The fraction of sp³-hybridized carbons (Fsp3) is 0.429. The van der Waals surface area contributed by atoms with Gasteiger partial charge in [-0.25, -0.2) is 4.98 Å². The van der Waals surface area contributed by atoms with Gasteiger partial charge in [0, 0.05) is 18.1 Å². The lowest BCUT2D eigenvalue weighted by Crippen LogP contribution is -2.25. The van der Waals surface area contributed by atoms with E-state index < -0.39 is 0 Å². The third kappa shape index (κ3) is 2.96. The van der Waals surface area contributed by atoms with Crippen molar-refractivity contribution in [3.63, 3.8) is 0 Å². The summed E-state index contributed by atoms with van der Waals surface area (Å²) in [5.41, 5.74) is 1.28. The zero-order valence-corrected chi connectivity index (χ0v) is 11.5. The van der Waals surface area contributed by atoms with Gasteiger partial charge in [0.1, 0.15) is 12.7 Å². The molecular formula is C14H17ClN4. The van der Waals surface area contributed by atoms with Crippen LogP contribution in [0.3, 0.4) is 0 Å². The van der Waals surface area contributed by atoms with E-state index in [-0.39, 0.29) is 0 Å². The standard InChI is InChI=1S/C14H17ClN4/c15-14-4-2-1-3-13(14)12-5-6-18(9-12)7-8-19-11-16-10-17-19/h1-4,10-12H,5-9H2/t12-/m0/s1. The minimum atomic E-state index is 0.560. The lowest BCUT2D eigenvalue weighted by atomic mass is 9.98. The van der Waals surface area contributed by atoms with Gasteiger partial charge in [0.15, 0.2) is 0 Å². The lowest BCUT2D eigenvalue weighted by molar-refractivity contribution is 0.312. The van der Waals surface area contributed by atoms with Crippen molar-refractivity contribution in [1.82, 2.24) is 19.7 Å². The van der Waals surface area contributed by atoms with Crippen LogP contribution in [0.4, 0.5) is 0 Å². The normalized spacial score (nSPS) is 19.9. The van der Waals surface area contributed by atoms with Crippen molar-refractivity contribution in [3.8, 4) is 0 Å². The monoisotopic (exact) mass is 276 g/mol. The first-order valence-electron chi connectivity index (χ1n) is 6.62. The highest BCUT2D eigenvalue weighted by molar-refractivity contribution is 6.31. The molecule has 1 saturated heterocycles. The van der Waals surface area contributed by atoms with Crippen molar-refractivity contribution >= 4 is 11.6 Å². The van der Waals surface area contributed by atoms with Gasteiger partial charge in [-0.05, 0) is 30.5 Å². The van der Waals surface area contributed by atoms with Crippen LogP contribution in [0.5, 0.6) is 0 Å². The quantitative estimate of drug-likeness (QED) is 0.860. The van der Waals surface area contributed by atoms with E-state index in [0.29, 0.717) is 5.92 Å². The van der Waals surface area contributed by atoms with E-state index in [1.165, 1.54) is 12.0 Å². The summed E-state index contributed by atoms with van der Waals surface area (Å²) in [5, 5.41) is 5.02. The predicted octanol–water partition coefficient (Wildman–Crippen LogP) is 2.42. The summed E-state index contributed by atoms with van der Waals surface area (Å²) in [5.74, 6) is 0.560. The summed E-state index contributed by atoms with van der Waals surface area (Å²) in [6, 6.07) is 8.19. The molecule has 3 rings (SSSR count). The van der Waals surface area contributed by atoms with Crippen LogP contribution in [-0.4, -0.2) is 39.3 Å². The van der Waals surface area contributed by atoms with Crippen LogP contribution in [-0.2, 0) is 6.54 Å². The Morgan fingerprint density at radius 1 is 1.26 bits per heavy atom. The molecule has 0 spiro atoms. The molecule has 0 unspecified atom stereocenters. The van der Waals surface area contributed by atoms with Gasteiger partial charge in [0.05, 0.1) is 6.54 Å². The van der Waals surface area contributed by atoms with Gasteiger partial charge in [0.2, 0.25) is 0 Å². The van der Waals surface area contributed by atoms with E-state index >= 15 is 0 Å². The fourth-order valence-corrected chi connectivity index (χ4v) is 2.98. The maximum atomic E-state index is 6.27. The molecule has 0 aliphatic carbocycles. The number of benzene rings is 1. The molecule has 2 aromatic rings. The molecule has 1 aliphatic rings. The Labute approximate surface area is 118 Å². The second-order valence-electron chi connectivity index (χ2n) is 4.97. The molecule has 1 aromatic carbocycles. The van der Waals surface area contributed by atoms with Crippen LogP contribution in [0, 0.1) is 0 Å². The van der Waals surface area contributed by atoms with Crippen molar-refractivity contribution in [2.24, 2.45) is 0 Å². The third-order valence-corrected chi connectivity index (χ3v) is 4.07. The van der Waals surface area contributed by atoms with Crippen molar-refractivity contribution in [2.45, 2.75) is 18.9 Å². The Hall–Kier alpha value is -1.39. The second kappa shape index (κ2) is 5.72. The Morgan fingerprint density at radius 3 is 2.95 bits per heavy atom. The number of rotatable bonds is 4. The molecule has 1 fully saturated rings. The van der Waals surface area contributed by atoms with Gasteiger partial charge < -0.3 is 4.90 Å². The number of aromatic nitrogens is 3. The molecule has 2 heterocycles. The largest absolute Gasteiger partial charge is 0.301 e. The molecule has 1 atom stereocenters. The number of nitrogens with zero attached hydrogens (tertiary/aromatic N) is 4. The number of likely N-dealkylation sites (tertiary alicyclic amines) is 1. The van der Waals surface area contributed by atoms with Crippen LogP contribution in [0.15, 0.2) is 36.9 Å². The summed E-state index contributed by atoms with van der Waals surface area (Å²) in [6.45, 7) is 4.13. The van der Waals surface area contributed by atoms with Crippen LogP contribution in [0.25, 0.3) is 0 Å². The molecule has 5 heteroatoms. The molecule has 0 saturated carbocycles. The fourth-order valence-electron chi connectivity index (χ4n) is 2.69. The van der Waals surface area contributed by atoms with Gasteiger partial charge in [-0.2, -0.15) is 5.10 Å². The molecule has 0 radical (unpaired) electrons. The van der Waals surface area contributed by atoms with Crippen LogP contribution in [0.1, 0.15) is 17.9 Å². The highest BCUT2D eigenvalue weighted by Crippen LogP contribution is 2.31. The summed E-state index contributed by atoms with van der Waals surface area (Å²) in [4.78, 5) is 6.43. The minimum Gasteiger partial charge on any atom is -0.301 e. The third-order valence-electron chi connectivity index (χ3n) is 3.73. The number of hydrogen-bond acceptors (Lipinski definition) is 3. The van der Waals surface area contributed by atoms with Crippen molar-refractivity contribution < 1.29 is 0 Å². The Balaban J connectivity index is 1.57. The second-order valence-corrected chi connectivity index (χ2v) is 5.37. The SMILES string of the molecule is Clc1ccccc1[C@H]1CCN(CCn2cncn2)C1. The first-order valence-corrected chi connectivity index (χ1v) is 7.00.